The van der Waals surface area contributed by atoms with E-state index in [1.165, 1.54) is 0 Å². The van der Waals surface area contributed by atoms with Crippen LogP contribution >= 0.6 is 0 Å². The van der Waals surface area contributed by atoms with Crippen molar-refractivity contribution in [2.45, 2.75) is 19.9 Å². The first kappa shape index (κ1) is 14.2. The Morgan fingerprint density at radius 1 is 1.42 bits per heavy atom. The molecule has 0 amide bonds. The Labute approximate surface area is 115 Å². The summed E-state index contributed by atoms with van der Waals surface area (Å²) in [5, 5.41) is 3.32. The summed E-state index contributed by atoms with van der Waals surface area (Å²) >= 11 is 0. The molecular weight excluding hydrogens is 242 g/mol. The smallest absolute Gasteiger partial charge is 0.124 e. The molecule has 1 aliphatic rings. The maximum absolute atomic E-state index is 5.94. The minimum atomic E-state index is 0.522. The van der Waals surface area contributed by atoms with Gasteiger partial charge in [0.25, 0.3) is 0 Å². The van der Waals surface area contributed by atoms with Gasteiger partial charge in [0.05, 0.1) is 20.3 Å². The molecule has 0 spiro atoms. The first-order valence-corrected chi connectivity index (χ1v) is 6.91. The first-order valence-electron chi connectivity index (χ1n) is 6.91. The quantitative estimate of drug-likeness (QED) is 0.820. The Bertz CT molecular complexity index is 389. The van der Waals surface area contributed by atoms with Gasteiger partial charge in [-0.1, -0.05) is 6.92 Å². The number of hydrogen-bond acceptors (Lipinski definition) is 4. The average Bonchev–Trinajstić information content (AvgIpc) is 2.96. The molecule has 1 heterocycles. The summed E-state index contributed by atoms with van der Waals surface area (Å²) in [6.07, 6.45) is 1.10. The highest BCUT2D eigenvalue weighted by Crippen LogP contribution is 2.25. The SMILES string of the molecule is CCNCc1cc(OC)ccc1OCC1CCOC1. The van der Waals surface area contributed by atoms with Crippen LogP contribution in [-0.2, 0) is 11.3 Å². The molecule has 4 heteroatoms. The first-order chi connectivity index (χ1) is 9.33. The van der Waals surface area contributed by atoms with Crippen LogP contribution in [0, 0.1) is 5.92 Å². The lowest BCUT2D eigenvalue weighted by Crippen LogP contribution is -2.15. The van der Waals surface area contributed by atoms with E-state index in [4.69, 9.17) is 14.2 Å². The average molecular weight is 265 g/mol. The van der Waals surface area contributed by atoms with Crippen molar-refractivity contribution in [3.63, 3.8) is 0 Å². The van der Waals surface area contributed by atoms with Crippen molar-refractivity contribution in [3.8, 4) is 11.5 Å². The van der Waals surface area contributed by atoms with Gasteiger partial charge in [-0.2, -0.15) is 0 Å². The van der Waals surface area contributed by atoms with E-state index in [2.05, 4.69) is 12.2 Å². The minimum absolute atomic E-state index is 0.522. The third-order valence-electron chi connectivity index (χ3n) is 3.33. The molecule has 0 aromatic heterocycles. The van der Waals surface area contributed by atoms with E-state index in [1.54, 1.807) is 7.11 Å². The Kier molecular flexibility index (Phi) is 5.48. The van der Waals surface area contributed by atoms with Gasteiger partial charge in [0, 0.05) is 24.6 Å². The zero-order valence-corrected chi connectivity index (χ0v) is 11.8. The number of hydrogen-bond donors (Lipinski definition) is 1. The molecule has 1 aliphatic heterocycles. The second kappa shape index (κ2) is 7.36. The predicted molar refractivity (Wildman–Crippen MR) is 74.8 cm³/mol. The van der Waals surface area contributed by atoms with Crippen LogP contribution in [-0.4, -0.2) is 33.5 Å². The largest absolute Gasteiger partial charge is 0.497 e. The minimum Gasteiger partial charge on any atom is -0.497 e. The monoisotopic (exact) mass is 265 g/mol. The van der Waals surface area contributed by atoms with Gasteiger partial charge in [-0.05, 0) is 31.2 Å². The second-order valence-electron chi connectivity index (χ2n) is 4.79. The van der Waals surface area contributed by atoms with Crippen molar-refractivity contribution in [3.05, 3.63) is 23.8 Å². The van der Waals surface area contributed by atoms with Gasteiger partial charge >= 0.3 is 0 Å². The molecule has 0 aliphatic carbocycles. The highest BCUT2D eigenvalue weighted by molar-refractivity contribution is 5.40. The lowest BCUT2D eigenvalue weighted by Gasteiger charge is -2.15. The molecule has 1 unspecified atom stereocenters. The summed E-state index contributed by atoms with van der Waals surface area (Å²) in [5.74, 6) is 2.33. The highest BCUT2D eigenvalue weighted by atomic mass is 16.5. The maximum Gasteiger partial charge on any atom is 0.124 e. The van der Waals surface area contributed by atoms with E-state index in [1.807, 2.05) is 18.2 Å². The number of rotatable bonds is 7. The summed E-state index contributed by atoms with van der Waals surface area (Å²) in [7, 11) is 1.68. The highest BCUT2D eigenvalue weighted by Gasteiger charge is 2.17. The fourth-order valence-corrected chi connectivity index (χ4v) is 2.14. The second-order valence-corrected chi connectivity index (χ2v) is 4.79. The fraction of sp³-hybridized carbons (Fsp3) is 0.600. The summed E-state index contributed by atoms with van der Waals surface area (Å²) in [6.45, 7) is 6.24. The molecule has 106 valence electrons. The van der Waals surface area contributed by atoms with Crippen LogP contribution in [0.15, 0.2) is 18.2 Å². The summed E-state index contributed by atoms with van der Waals surface area (Å²) in [6, 6.07) is 5.96. The molecule has 1 atom stereocenters. The van der Waals surface area contributed by atoms with Crippen molar-refractivity contribution in [2.75, 3.05) is 33.5 Å². The molecule has 1 fully saturated rings. The van der Waals surface area contributed by atoms with Gasteiger partial charge < -0.3 is 19.5 Å². The molecule has 1 N–H and O–H groups in total. The molecular formula is C15H23NO3. The van der Waals surface area contributed by atoms with Gasteiger partial charge in [0.1, 0.15) is 11.5 Å². The van der Waals surface area contributed by atoms with E-state index < -0.39 is 0 Å². The van der Waals surface area contributed by atoms with Gasteiger partial charge in [0.2, 0.25) is 0 Å². The molecule has 4 nitrogen and oxygen atoms in total. The van der Waals surface area contributed by atoms with Crippen molar-refractivity contribution in [1.82, 2.24) is 5.32 Å². The zero-order chi connectivity index (χ0) is 13.5. The summed E-state index contributed by atoms with van der Waals surface area (Å²) in [5.41, 5.74) is 1.14. The molecule has 0 saturated carbocycles. The van der Waals surface area contributed by atoms with E-state index in [9.17, 15) is 0 Å². The summed E-state index contributed by atoms with van der Waals surface area (Å²) < 4.78 is 16.6. The van der Waals surface area contributed by atoms with E-state index in [0.717, 1.165) is 56.4 Å². The van der Waals surface area contributed by atoms with E-state index in [-0.39, 0.29) is 0 Å². The molecule has 19 heavy (non-hydrogen) atoms. The summed E-state index contributed by atoms with van der Waals surface area (Å²) in [4.78, 5) is 0. The Morgan fingerprint density at radius 2 is 2.32 bits per heavy atom. The van der Waals surface area contributed by atoms with Gasteiger partial charge in [-0.3, -0.25) is 0 Å². The Morgan fingerprint density at radius 3 is 3.00 bits per heavy atom. The van der Waals surface area contributed by atoms with Crippen LogP contribution in [0.5, 0.6) is 11.5 Å². The van der Waals surface area contributed by atoms with Crippen molar-refractivity contribution in [2.24, 2.45) is 5.92 Å². The van der Waals surface area contributed by atoms with E-state index in [0.29, 0.717) is 5.92 Å². The lowest BCUT2D eigenvalue weighted by atomic mass is 10.1. The Hall–Kier alpha value is -1.26. The molecule has 1 saturated heterocycles. The Balaban J connectivity index is 1.99. The zero-order valence-electron chi connectivity index (χ0n) is 11.8. The van der Waals surface area contributed by atoms with Crippen LogP contribution in [0.1, 0.15) is 18.9 Å². The van der Waals surface area contributed by atoms with Crippen LogP contribution < -0.4 is 14.8 Å². The maximum atomic E-state index is 5.94. The number of nitrogens with one attached hydrogen (secondary N) is 1. The molecule has 1 aromatic rings. The lowest BCUT2D eigenvalue weighted by molar-refractivity contribution is 0.166. The third kappa shape index (κ3) is 4.11. The molecule has 0 bridgehead atoms. The van der Waals surface area contributed by atoms with Gasteiger partial charge in [0.15, 0.2) is 0 Å². The van der Waals surface area contributed by atoms with Crippen molar-refractivity contribution >= 4 is 0 Å². The topological polar surface area (TPSA) is 39.7 Å². The standard InChI is InChI=1S/C15H23NO3/c1-3-16-9-13-8-14(17-2)4-5-15(13)19-11-12-6-7-18-10-12/h4-5,8,12,16H,3,6-7,9-11H2,1-2H3. The molecule has 1 aromatic carbocycles. The third-order valence-corrected chi connectivity index (χ3v) is 3.33. The van der Waals surface area contributed by atoms with Gasteiger partial charge in [-0.15, -0.1) is 0 Å². The molecule has 0 radical (unpaired) electrons. The van der Waals surface area contributed by atoms with E-state index >= 15 is 0 Å². The van der Waals surface area contributed by atoms with Crippen molar-refractivity contribution < 1.29 is 14.2 Å². The number of benzene rings is 1. The number of methoxy groups -OCH3 is 1. The van der Waals surface area contributed by atoms with Crippen LogP contribution in [0.25, 0.3) is 0 Å². The van der Waals surface area contributed by atoms with Gasteiger partial charge in [-0.25, -0.2) is 0 Å². The number of ether oxygens (including phenoxy) is 3. The fourth-order valence-electron chi connectivity index (χ4n) is 2.14. The van der Waals surface area contributed by atoms with Crippen LogP contribution in [0.4, 0.5) is 0 Å². The van der Waals surface area contributed by atoms with Crippen molar-refractivity contribution in [1.29, 1.82) is 0 Å². The molecule has 2 rings (SSSR count). The van der Waals surface area contributed by atoms with Crippen LogP contribution in [0.2, 0.25) is 0 Å². The normalized spacial score (nSPS) is 18.5. The van der Waals surface area contributed by atoms with Crippen LogP contribution in [0.3, 0.4) is 0 Å². The predicted octanol–water partition coefficient (Wildman–Crippen LogP) is 2.22.